The first-order valence-corrected chi connectivity index (χ1v) is 10.2. The Labute approximate surface area is 174 Å². The van der Waals surface area contributed by atoms with Gasteiger partial charge in [0.25, 0.3) is 0 Å². The van der Waals surface area contributed by atoms with Gasteiger partial charge >= 0.3 is 5.97 Å². The van der Waals surface area contributed by atoms with Gasteiger partial charge in [0.1, 0.15) is 12.7 Å². The standard InChI is InChI=1S/C25H32O4/c1-5-22(26)25(3,4)23(6-2)29-24(27)21(17-19-13-9-7-10-14-19)28-18-20-15-11-8-12-16-20/h7-17,22-23,26H,5-6,18H2,1-4H3/t22-,23+/m1/s1. The van der Waals surface area contributed by atoms with Crippen molar-refractivity contribution in [1.29, 1.82) is 0 Å². The first-order chi connectivity index (χ1) is 13.9. The van der Waals surface area contributed by atoms with Crippen molar-refractivity contribution in [1.82, 2.24) is 0 Å². The van der Waals surface area contributed by atoms with Crippen LogP contribution in [-0.4, -0.2) is 23.3 Å². The van der Waals surface area contributed by atoms with Crippen molar-refractivity contribution in [2.45, 2.75) is 59.4 Å². The van der Waals surface area contributed by atoms with E-state index >= 15 is 0 Å². The van der Waals surface area contributed by atoms with Crippen LogP contribution in [0.15, 0.2) is 66.4 Å². The zero-order valence-electron chi connectivity index (χ0n) is 17.8. The lowest BCUT2D eigenvalue weighted by molar-refractivity contribution is -0.160. The maximum Gasteiger partial charge on any atom is 0.373 e. The van der Waals surface area contributed by atoms with Crippen molar-refractivity contribution >= 4 is 12.0 Å². The van der Waals surface area contributed by atoms with Crippen LogP contribution in [0, 0.1) is 5.41 Å². The van der Waals surface area contributed by atoms with Crippen molar-refractivity contribution in [3.8, 4) is 0 Å². The van der Waals surface area contributed by atoms with Gasteiger partial charge < -0.3 is 14.6 Å². The van der Waals surface area contributed by atoms with Crippen LogP contribution in [0.1, 0.15) is 51.7 Å². The topological polar surface area (TPSA) is 55.8 Å². The first-order valence-electron chi connectivity index (χ1n) is 10.2. The number of rotatable bonds is 10. The predicted molar refractivity (Wildman–Crippen MR) is 116 cm³/mol. The Hall–Kier alpha value is -2.59. The Morgan fingerprint density at radius 1 is 1.00 bits per heavy atom. The van der Waals surface area contributed by atoms with Gasteiger partial charge in [-0.15, -0.1) is 0 Å². The normalized spacial score (nSPS) is 14.2. The number of aliphatic hydroxyl groups excluding tert-OH is 1. The number of benzene rings is 2. The number of hydrogen-bond donors (Lipinski definition) is 1. The van der Waals surface area contributed by atoms with Crippen LogP contribution in [0.4, 0.5) is 0 Å². The average Bonchev–Trinajstić information content (AvgIpc) is 2.75. The molecule has 0 aliphatic rings. The highest BCUT2D eigenvalue weighted by atomic mass is 16.6. The fourth-order valence-corrected chi connectivity index (χ4v) is 3.28. The summed E-state index contributed by atoms with van der Waals surface area (Å²) in [7, 11) is 0. The van der Waals surface area contributed by atoms with Gasteiger partial charge in [0.05, 0.1) is 6.10 Å². The molecule has 0 spiro atoms. The Morgan fingerprint density at radius 2 is 1.59 bits per heavy atom. The van der Waals surface area contributed by atoms with Gasteiger partial charge in [0, 0.05) is 5.41 Å². The predicted octanol–water partition coefficient (Wildman–Crippen LogP) is 5.36. The monoisotopic (exact) mass is 396 g/mol. The fraction of sp³-hybridized carbons (Fsp3) is 0.400. The van der Waals surface area contributed by atoms with Gasteiger partial charge in [-0.25, -0.2) is 4.79 Å². The molecule has 0 heterocycles. The maximum atomic E-state index is 13.0. The smallest absolute Gasteiger partial charge is 0.373 e. The van der Waals surface area contributed by atoms with Gasteiger partial charge in [0.15, 0.2) is 0 Å². The van der Waals surface area contributed by atoms with E-state index in [9.17, 15) is 9.90 Å². The van der Waals surface area contributed by atoms with Crippen molar-refractivity contribution in [2.24, 2.45) is 5.41 Å². The number of hydrogen-bond acceptors (Lipinski definition) is 4. The first kappa shape index (κ1) is 22.7. The molecule has 0 fully saturated rings. The summed E-state index contributed by atoms with van der Waals surface area (Å²) in [6, 6.07) is 19.2. The molecule has 0 aliphatic heterocycles. The molecule has 0 aromatic heterocycles. The van der Waals surface area contributed by atoms with Crippen molar-refractivity contribution < 1.29 is 19.4 Å². The van der Waals surface area contributed by atoms with Gasteiger partial charge in [0.2, 0.25) is 5.76 Å². The number of ether oxygens (including phenoxy) is 2. The summed E-state index contributed by atoms with van der Waals surface area (Å²) < 4.78 is 11.7. The summed E-state index contributed by atoms with van der Waals surface area (Å²) in [5, 5.41) is 10.4. The number of aliphatic hydroxyl groups is 1. The highest BCUT2D eigenvalue weighted by Crippen LogP contribution is 2.32. The van der Waals surface area contributed by atoms with E-state index < -0.39 is 23.6 Å². The molecule has 4 heteroatoms. The molecular weight excluding hydrogens is 364 g/mol. The largest absolute Gasteiger partial charge is 0.482 e. The summed E-state index contributed by atoms with van der Waals surface area (Å²) in [6.45, 7) is 7.99. The van der Waals surface area contributed by atoms with Gasteiger partial charge in [-0.1, -0.05) is 88.4 Å². The second kappa shape index (κ2) is 10.8. The van der Waals surface area contributed by atoms with E-state index in [-0.39, 0.29) is 12.4 Å². The van der Waals surface area contributed by atoms with Crippen LogP contribution in [0.5, 0.6) is 0 Å². The van der Waals surface area contributed by atoms with Gasteiger partial charge in [-0.05, 0) is 30.0 Å². The van der Waals surface area contributed by atoms with Gasteiger partial charge in [-0.2, -0.15) is 0 Å². The second-order valence-electron chi connectivity index (χ2n) is 7.74. The minimum absolute atomic E-state index is 0.153. The minimum Gasteiger partial charge on any atom is -0.482 e. The van der Waals surface area contributed by atoms with E-state index in [1.165, 1.54) is 0 Å². The molecule has 0 radical (unpaired) electrons. The fourth-order valence-electron chi connectivity index (χ4n) is 3.28. The molecule has 0 aliphatic carbocycles. The van der Waals surface area contributed by atoms with Crippen LogP contribution >= 0.6 is 0 Å². The molecule has 2 aromatic carbocycles. The molecule has 2 rings (SSSR count). The summed E-state index contributed by atoms with van der Waals surface area (Å²) in [4.78, 5) is 13.0. The van der Waals surface area contributed by atoms with Crippen molar-refractivity contribution in [3.05, 3.63) is 77.5 Å². The molecule has 0 bridgehead atoms. The lowest BCUT2D eigenvalue weighted by atomic mass is 9.78. The molecular formula is C25H32O4. The van der Waals surface area contributed by atoms with Crippen molar-refractivity contribution in [3.63, 3.8) is 0 Å². The van der Waals surface area contributed by atoms with Crippen LogP contribution in [0.2, 0.25) is 0 Å². The van der Waals surface area contributed by atoms with Crippen LogP contribution in [0.3, 0.4) is 0 Å². The highest BCUT2D eigenvalue weighted by Gasteiger charge is 2.37. The zero-order valence-corrected chi connectivity index (χ0v) is 17.8. The molecule has 0 saturated heterocycles. The third kappa shape index (κ3) is 6.47. The van der Waals surface area contributed by atoms with E-state index in [1.807, 2.05) is 88.4 Å². The molecule has 156 valence electrons. The van der Waals surface area contributed by atoms with Gasteiger partial charge in [-0.3, -0.25) is 0 Å². The molecule has 4 nitrogen and oxygen atoms in total. The van der Waals surface area contributed by atoms with E-state index in [0.29, 0.717) is 12.8 Å². The number of carbonyl (C=O) groups excluding carboxylic acids is 1. The SMILES string of the molecule is CC[C@@H](O)C(C)(C)[C@H](CC)OC(=O)C(=Cc1ccccc1)OCc1ccccc1. The Bertz CT molecular complexity index is 781. The molecule has 0 unspecified atom stereocenters. The second-order valence-corrected chi connectivity index (χ2v) is 7.74. The molecule has 0 saturated carbocycles. The zero-order chi connectivity index (χ0) is 21.3. The Morgan fingerprint density at radius 3 is 2.14 bits per heavy atom. The molecule has 0 amide bonds. The maximum absolute atomic E-state index is 13.0. The lowest BCUT2D eigenvalue weighted by Crippen LogP contribution is -2.42. The molecule has 29 heavy (non-hydrogen) atoms. The number of esters is 1. The van der Waals surface area contributed by atoms with E-state index in [1.54, 1.807) is 6.08 Å². The van der Waals surface area contributed by atoms with Crippen molar-refractivity contribution in [2.75, 3.05) is 0 Å². The molecule has 2 aromatic rings. The minimum atomic E-state index is -0.563. The van der Waals surface area contributed by atoms with E-state index in [0.717, 1.165) is 11.1 Å². The summed E-state index contributed by atoms with van der Waals surface area (Å²) in [6.07, 6.45) is 1.91. The molecule has 1 N–H and O–H groups in total. The third-order valence-corrected chi connectivity index (χ3v) is 5.23. The third-order valence-electron chi connectivity index (χ3n) is 5.23. The number of carbonyl (C=O) groups is 1. The Balaban J connectivity index is 2.22. The summed E-state index contributed by atoms with van der Waals surface area (Å²) in [5.41, 5.74) is 1.26. The van der Waals surface area contributed by atoms with E-state index in [4.69, 9.17) is 9.47 Å². The lowest BCUT2D eigenvalue weighted by Gasteiger charge is -2.37. The average molecular weight is 397 g/mol. The quantitative estimate of drug-likeness (QED) is 0.333. The Kier molecular flexibility index (Phi) is 8.47. The molecule has 2 atom stereocenters. The summed E-state index contributed by atoms with van der Waals surface area (Å²) >= 11 is 0. The van der Waals surface area contributed by atoms with Crippen LogP contribution < -0.4 is 0 Å². The van der Waals surface area contributed by atoms with Crippen LogP contribution in [0.25, 0.3) is 6.08 Å². The summed E-state index contributed by atoms with van der Waals surface area (Å²) in [5.74, 6) is -0.367. The highest BCUT2D eigenvalue weighted by molar-refractivity contribution is 5.91. The van der Waals surface area contributed by atoms with E-state index in [2.05, 4.69) is 0 Å². The van der Waals surface area contributed by atoms with Crippen LogP contribution in [-0.2, 0) is 20.9 Å².